The number of hydrogen-bond donors (Lipinski definition) is 2. The van der Waals surface area contributed by atoms with Gasteiger partial charge in [-0.3, -0.25) is 9.69 Å². The van der Waals surface area contributed by atoms with Crippen molar-refractivity contribution >= 4 is 5.91 Å². The predicted molar refractivity (Wildman–Crippen MR) is 76.4 cm³/mol. The Morgan fingerprint density at radius 3 is 2.65 bits per heavy atom. The first kappa shape index (κ1) is 13.5. The molecule has 3 rings (SSSR count). The van der Waals surface area contributed by atoms with Gasteiger partial charge in [-0.05, 0) is 23.3 Å². The van der Waals surface area contributed by atoms with Gasteiger partial charge in [-0.2, -0.15) is 0 Å². The molecule has 0 saturated carbocycles. The van der Waals surface area contributed by atoms with Crippen molar-refractivity contribution in [2.45, 2.75) is 13.1 Å². The highest BCUT2D eigenvalue weighted by molar-refractivity contribution is 5.94. The second-order valence-corrected chi connectivity index (χ2v) is 5.44. The van der Waals surface area contributed by atoms with E-state index in [0.29, 0.717) is 6.54 Å². The van der Waals surface area contributed by atoms with Crippen LogP contribution in [-0.4, -0.2) is 60.1 Å². The zero-order valence-corrected chi connectivity index (χ0v) is 11.6. The molecule has 0 aromatic heterocycles. The van der Waals surface area contributed by atoms with Crippen molar-refractivity contribution in [3.63, 3.8) is 0 Å². The van der Waals surface area contributed by atoms with Gasteiger partial charge in [0, 0.05) is 51.4 Å². The third kappa shape index (κ3) is 2.70. The number of aliphatic hydroxyl groups is 1. The quantitative estimate of drug-likeness (QED) is 0.818. The maximum absolute atomic E-state index is 12.5. The van der Waals surface area contributed by atoms with Gasteiger partial charge in [0.05, 0.1) is 6.61 Å². The molecule has 5 heteroatoms. The Morgan fingerprint density at radius 2 is 1.90 bits per heavy atom. The van der Waals surface area contributed by atoms with Crippen LogP contribution in [0.1, 0.15) is 21.5 Å². The molecule has 0 aliphatic carbocycles. The fourth-order valence-electron chi connectivity index (χ4n) is 2.93. The van der Waals surface area contributed by atoms with Crippen molar-refractivity contribution in [3.05, 3.63) is 34.9 Å². The number of β-amino-alcohol motifs (C(OH)–C–C–N with tert-alkyl or cyclic N) is 1. The summed E-state index contributed by atoms with van der Waals surface area (Å²) in [6.07, 6.45) is 0. The summed E-state index contributed by atoms with van der Waals surface area (Å²) in [4.78, 5) is 16.6. The fraction of sp³-hybridized carbons (Fsp3) is 0.533. The molecule has 20 heavy (non-hydrogen) atoms. The van der Waals surface area contributed by atoms with Gasteiger partial charge in [-0.25, -0.2) is 0 Å². The van der Waals surface area contributed by atoms with Gasteiger partial charge in [-0.15, -0.1) is 0 Å². The number of piperazine rings is 1. The van der Waals surface area contributed by atoms with E-state index in [1.54, 1.807) is 0 Å². The van der Waals surface area contributed by atoms with E-state index in [9.17, 15) is 4.79 Å². The molecular formula is C15H21N3O2. The zero-order valence-electron chi connectivity index (χ0n) is 11.6. The monoisotopic (exact) mass is 275 g/mol. The Labute approximate surface area is 119 Å². The molecule has 2 aliphatic rings. The van der Waals surface area contributed by atoms with Gasteiger partial charge in [0.1, 0.15) is 0 Å². The summed E-state index contributed by atoms with van der Waals surface area (Å²) in [6, 6.07) is 6.02. The Kier molecular flexibility index (Phi) is 4.00. The van der Waals surface area contributed by atoms with Gasteiger partial charge >= 0.3 is 0 Å². The number of carbonyl (C=O) groups is 1. The van der Waals surface area contributed by atoms with Crippen LogP contribution in [0.4, 0.5) is 0 Å². The molecule has 1 fully saturated rings. The van der Waals surface area contributed by atoms with Crippen LogP contribution >= 0.6 is 0 Å². The minimum Gasteiger partial charge on any atom is -0.395 e. The maximum atomic E-state index is 12.5. The average molecular weight is 275 g/mol. The first-order valence-electron chi connectivity index (χ1n) is 7.23. The first-order valence-corrected chi connectivity index (χ1v) is 7.23. The molecule has 1 saturated heterocycles. The summed E-state index contributed by atoms with van der Waals surface area (Å²) in [5, 5.41) is 12.2. The summed E-state index contributed by atoms with van der Waals surface area (Å²) in [5.41, 5.74) is 3.34. The highest BCUT2D eigenvalue weighted by Crippen LogP contribution is 2.18. The third-order valence-corrected chi connectivity index (χ3v) is 4.16. The number of benzene rings is 1. The number of carbonyl (C=O) groups excluding carboxylic acids is 1. The lowest BCUT2D eigenvalue weighted by Crippen LogP contribution is -2.49. The molecular weight excluding hydrogens is 254 g/mol. The van der Waals surface area contributed by atoms with Crippen molar-refractivity contribution in [3.8, 4) is 0 Å². The molecule has 0 bridgehead atoms. The van der Waals surface area contributed by atoms with Crippen molar-refractivity contribution < 1.29 is 9.90 Å². The predicted octanol–water partition coefficient (Wildman–Crippen LogP) is 0.0399. The lowest BCUT2D eigenvalue weighted by Gasteiger charge is -2.34. The van der Waals surface area contributed by atoms with Crippen LogP contribution in [0.3, 0.4) is 0 Å². The van der Waals surface area contributed by atoms with E-state index in [1.165, 1.54) is 11.1 Å². The molecule has 1 amide bonds. The normalized spacial score (nSPS) is 19.1. The number of amides is 1. The number of nitrogens with one attached hydrogen (secondary N) is 1. The van der Waals surface area contributed by atoms with Crippen LogP contribution in [0.15, 0.2) is 18.2 Å². The van der Waals surface area contributed by atoms with E-state index >= 15 is 0 Å². The van der Waals surface area contributed by atoms with Gasteiger partial charge < -0.3 is 15.3 Å². The molecule has 2 heterocycles. The van der Waals surface area contributed by atoms with E-state index in [2.05, 4.69) is 16.3 Å². The molecule has 0 radical (unpaired) electrons. The van der Waals surface area contributed by atoms with E-state index in [-0.39, 0.29) is 12.5 Å². The smallest absolute Gasteiger partial charge is 0.253 e. The van der Waals surface area contributed by atoms with Gasteiger partial charge in [0.25, 0.3) is 5.91 Å². The molecule has 0 unspecified atom stereocenters. The third-order valence-electron chi connectivity index (χ3n) is 4.16. The highest BCUT2D eigenvalue weighted by atomic mass is 16.3. The van der Waals surface area contributed by atoms with Crippen LogP contribution in [0.2, 0.25) is 0 Å². The molecule has 1 aromatic carbocycles. The SMILES string of the molecule is O=C(c1ccc2c(c1)CNC2)N1CCN(CCO)CC1. The molecule has 1 aromatic rings. The molecule has 2 aliphatic heterocycles. The molecule has 108 valence electrons. The molecule has 0 atom stereocenters. The number of fused-ring (bicyclic) bond motifs is 1. The number of nitrogens with zero attached hydrogens (tertiary/aromatic N) is 2. The highest BCUT2D eigenvalue weighted by Gasteiger charge is 2.22. The molecule has 0 spiro atoms. The van der Waals surface area contributed by atoms with Crippen molar-refractivity contribution in [2.24, 2.45) is 0 Å². The maximum Gasteiger partial charge on any atom is 0.253 e. The Bertz CT molecular complexity index is 496. The number of aliphatic hydroxyl groups excluding tert-OH is 1. The summed E-state index contributed by atoms with van der Waals surface area (Å²) < 4.78 is 0. The molecule has 2 N–H and O–H groups in total. The summed E-state index contributed by atoms with van der Waals surface area (Å²) in [5.74, 6) is 0.128. The van der Waals surface area contributed by atoms with E-state index in [0.717, 1.165) is 44.8 Å². The summed E-state index contributed by atoms with van der Waals surface area (Å²) >= 11 is 0. The second-order valence-electron chi connectivity index (χ2n) is 5.44. The second kappa shape index (κ2) is 5.91. The molecule has 5 nitrogen and oxygen atoms in total. The Morgan fingerprint density at radius 1 is 1.15 bits per heavy atom. The largest absolute Gasteiger partial charge is 0.395 e. The topological polar surface area (TPSA) is 55.8 Å². The van der Waals surface area contributed by atoms with E-state index in [1.807, 2.05) is 17.0 Å². The number of hydrogen-bond acceptors (Lipinski definition) is 4. The van der Waals surface area contributed by atoms with E-state index in [4.69, 9.17) is 5.11 Å². The van der Waals surface area contributed by atoms with E-state index < -0.39 is 0 Å². The standard InChI is InChI=1S/C15H21N3O2/c19-8-7-17-3-5-18(6-4-17)15(20)12-1-2-13-10-16-11-14(13)9-12/h1-2,9,16,19H,3-8,10-11H2. The minimum atomic E-state index is 0.128. The van der Waals surface area contributed by atoms with Crippen LogP contribution in [-0.2, 0) is 13.1 Å². The van der Waals surface area contributed by atoms with Crippen molar-refractivity contribution in [2.75, 3.05) is 39.3 Å². The first-order chi connectivity index (χ1) is 9.78. The number of rotatable bonds is 3. The Hall–Kier alpha value is -1.43. The fourth-order valence-corrected chi connectivity index (χ4v) is 2.93. The lowest BCUT2D eigenvalue weighted by atomic mass is 10.1. The van der Waals surface area contributed by atoms with Gasteiger partial charge in [0.15, 0.2) is 0 Å². The van der Waals surface area contributed by atoms with Crippen LogP contribution in [0.5, 0.6) is 0 Å². The van der Waals surface area contributed by atoms with Crippen molar-refractivity contribution in [1.82, 2.24) is 15.1 Å². The summed E-state index contributed by atoms with van der Waals surface area (Å²) in [6.45, 7) is 5.84. The van der Waals surface area contributed by atoms with Crippen LogP contribution < -0.4 is 5.32 Å². The summed E-state index contributed by atoms with van der Waals surface area (Å²) in [7, 11) is 0. The van der Waals surface area contributed by atoms with Crippen LogP contribution in [0, 0.1) is 0 Å². The zero-order chi connectivity index (χ0) is 13.9. The van der Waals surface area contributed by atoms with Gasteiger partial charge in [0.2, 0.25) is 0 Å². The van der Waals surface area contributed by atoms with Crippen LogP contribution in [0.25, 0.3) is 0 Å². The lowest BCUT2D eigenvalue weighted by molar-refractivity contribution is 0.0615. The Balaban J connectivity index is 1.65. The average Bonchev–Trinajstić information content (AvgIpc) is 2.95. The van der Waals surface area contributed by atoms with Crippen molar-refractivity contribution in [1.29, 1.82) is 0 Å². The minimum absolute atomic E-state index is 0.128. The van der Waals surface area contributed by atoms with Gasteiger partial charge in [-0.1, -0.05) is 6.07 Å².